The lowest BCUT2D eigenvalue weighted by Gasteiger charge is -2.39. The van der Waals surface area contributed by atoms with E-state index in [-0.39, 0.29) is 12.3 Å². The number of para-hydroxylation sites is 1. The van der Waals surface area contributed by atoms with Crippen molar-refractivity contribution in [2.24, 2.45) is 11.8 Å². The highest BCUT2D eigenvalue weighted by Gasteiger charge is 2.40. The molecule has 1 saturated heterocycles. The van der Waals surface area contributed by atoms with Crippen molar-refractivity contribution in [2.45, 2.75) is 19.3 Å². The zero-order chi connectivity index (χ0) is 20.1. The van der Waals surface area contributed by atoms with Gasteiger partial charge in [0, 0.05) is 37.9 Å². The van der Waals surface area contributed by atoms with Gasteiger partial charge in [0.1, 0.15) is 0 Å². The van der Waals surface area contributed by atoms with Crippen molar-refractivity contribution >= 4 is 23.5 Å². The van der Waals surface area contributed by atoms with Crippen LogP contribution in [-0.2, 0) is 19.1 Å². The van der Waals surface area contributed by atoms with E-state index < -0.39 is 23.8 Å². The first-order valence-corrected chi connectivity index (χ1v) is 9.58. The van der Waals surface area contributed by atoms with E-state index >= 15 is 0 Å². The number of anilines is 1. The molecule has 2 fully saturated rings. The molecule has 1 aromatic carbocycles. The second-order valence-electron chi connectivity index (χ2n) is 7.27. The van der Waals surface area contributed by atoms with Crippen LogP contribution in [0.4, 0.5) is 5.69 Å². The van der Waals surface area contributed by atoms with Crippen LogP contribution < -0.4 is 4.90 Å². The maximum atomic E-state index is 13.0. The fourth-order valence-corrected chi connectivity index (χ4v) is 4.04. The summed E-state index contributed by atoms with van der Waals surface area (Å²) >= 11 is 0. The van der Waals surface area contributed by atoms with Gasteiger partial charge >= 0.3 is 11.9 Å². The minimum Gasteiger partial charge on any atom is -0.481 e. The molecule has 1 saturated carbocycles. The summed E-state index contributed by atoms with van der Waals surface area (Å²) in [6, 6.07) is 10.1. The second kappa shape index (κ2) is 8.91. The third-order valence-electron chi connectivity index (χ3n) is 5.61. The van der Waals surface area contributed by atoms with Gasteiger partial charge in [0.25, 0.3) is 0 Å². The number of ether oxygens (including phenoxy) is 1. The van der Waals surface area contributed by atoms with Crippen LogP contribution in [0.15, 0.2) is 42.0 Å². The predicted octanol–water partition coefficient (Wildman–Crippen LogP) is 1.94. The van der Waals surface area contributed by atoms with E-state index in [4.69, 9.17) is 0 Å². The van der Waals surface area contributed by atoms with E-state index in [1.54, 1.807) is 4.90 Å². The molecular formula is C21H26N2O5. The molecule has 2 atom stereocenters. The zero-order valence-electron chi connectivity index (χ0n) is 16.0. The number of esters is 1. The number of aliphatic carboxylic acids is 1. The number of hydrogen-bond donors (Lipinski definition) is 1. The Bertz CT molecular complexity index is 753. The molecule has 0 bridgehead atoms. The van der Waals surface area contributed by atoms with Gasteiger partial charge < -0.3 is 19.6 Å². The third-order valence-corrected chi connectivity index (χ3v) is 5.61. The van der Waals surface area contributed by atoms with Crippen LogP contribution in [0, 0.1) is 11.8 Å². The molecule has 1 aliphatic carbocycles. The average Bonchev–Trinajstić information content (AvgIpc) is 2.73. The molecule has 28 heavy (non-hydrogen) atoms. The van der Waals surface area contributed by atoms with E-state index in [1.165, 1.54) is 13.2 Å². The predicted molar refractivity (Wildman–Crippen MR) is 104 cm³/mol. The molecule has 1 heterocycles. The summed E-state index contributed by atoms with van der Waals surface area (Å²) in [4.78, 5) is 40.3. The highest BCUT2D eigenvalue weighted by Crippen LogP contribution is 2.35. The van der Waals surface area contributed by atoms with E-state index in [1.807, 2.05) is 30.3 Å². The number of methoxy groups -OCH3 is 1. The standard InChI is InChI=1S/C21H26N2O5/c1-28-19(24)14-15-7-8-17(18(13-15)21(26)27)20(25)23-11-9-22(10-12-23)16-5-3-2-4-6-16/h2-6,14,17-18H,7-13H2,1H3,(H,26,27). The fourth-order valence-electron chi connectivity index (χ4n) is 4.04. The molecule has 150 valence electrons. The number of nitrogens with zero attached hydrogens (tertiary/aromatic N) is 2. The third kappa shape index (κ3) is 4.52. The number of piperazine rings is 1. The summed E-state index contributed by atoms with van der Waals surface area (Å²) in [5.41, 5.74) is 1.87. The van der Waals surface area contributed by atoms with E-state index in [0.717, 1.165) is 24.4 Å². The number of hydrogen-bond acceptors (Lipinski definition) is 5. The molecule has 1 N–H and O–H groups in total. The molecule has 1 aromatic rings. The Labute approximate surface area is 164 Å². The normalized spacial score (nSPS) is 24.1. The largest absolute Gasteiger partial charge is 0.481 e. The molecule has 7 heteroatoms. The average molecular weight is 386 g/mol. The fraction of sp³-hybridized carbons (Fsp3) is 0.476. The number of carbonyl (C=O) groups is 3. The van der Waals surface area contributed by atoms with Gasteiger partial charge in [-0.25, -0.2) is 4.79 Å². The Kier molecular flexibility index (Phi) is 6.34. The summed E-state index contributed by atoms with van der Waals surface area (Å²) < 4.78 is 4.62. The molecule has 7 nitrogen and oxygen atoms in total. The lowest BCUT2D eigenvalue weighted by molar-refractivity contribution is -0.151. The molecule has 2 unspecified atom stereocenters. The maximum absolute atomic E-state index is 13.0. The Morgan fingerprint density at radius 2 is 1.75 bits per heavy atom. The van der Waals surface area contributed by atoms with Gasteiger partial charge in [-0.1, -0.05) is 23.8 Å². The van der Waals surface area contributed by atoms with Crippen molar-refractivity contribution in [3.05, 3.63) is 42.0 Å². The van der Waals surface area contributed by atoms with Gasteiger partial charge in [0.15, 0.2) is 0 Å². The monoisotopic (exact) mass is 386 g/mol. The topological polar surface area (TPSA) is 87.2 Å². The lowest BCUT2D eigenvalue weighted by atomic mass is 9.76. The summed E-state index contributed by atoms with van der Waals surface area (Å²) in [6.07, 6.45) is 2.55. The molecule has 1 amide bonds. The van der Waals surface area contributed by atoms with Crippen molar-refractivity contribution in [1.29, 1.82) is 0 Å². The summed E-state index contributed by atoms with van der Waals surface area (Å²) in [5.74, 6) is -2.91. The zero-order valence-corrected chi connectivity index (χ0v) is 16.0. The Hall–Kier alpha value is -2.83. The highest BCUT2D eigenvalue weighted by atomic mass is 16.5. The Morgan fingerprint density at radius 3 is 2.36 bits per heavy atom. The van der Waals surface area contributed by atoms with Crippen LogP contribution in [-0.4, -0.2) is 61.1 Å². The summed E-state index contributed by atoms with van der Waals surface area (Å²) in [7, 11) is 1.29. The van der Waals surface area contributed by atoms with Crippen molar-refractivity contribution < 1.29 is 24.2 Å². The van der Waals surface area contributed by atoms with E-state index in [9.17, 15) is 19.5 Å². The van der Waals surface area contributed by atoms with Gasteiger partial charge in [0.2, 0.25) is 5.91 Å². The molecule has 0 aromatic heterocycles. The Morgan fingerprint density at radius 1 is 1.07 bits per heavy atom. The van der Waals surface area contributed by atoms with Crippen LogP contribution in [0.25, 0.3) is 0 Å². The smallest absolute Gasteiger partial charge is 0.330 e. The van der Waals surface area contributed by atoms with Crippen molar-refractivity contribution in [3.8, 4) is 0 Å². The van der Waals surface area contributed by atoms with E-state index in [2.05, 4.69) is 9.64 Å². The molecule has 0 spiro atoms. The first-order chi connectivity index (χ1) is 13.5. The molecular weight excluding hydrogens is 360 g/mol. The summed E-state index contributed by atoms with van der Waals surface area (Å²) in [5, 5.41) is 9.63. The summed E-state index contributed by atoms with van der Waals surface area (Å²) in [6.45, 7) is 2.63. The van der Waals surface area contributed by atoms with Crippen molar-refractivity contribution in [3.63, 3.8) is 0 Å². The number of carboxylic acid groups (broad SMARTS) is 1. The van der Waals surface area contributed by atoms with Crippen LogP contribution in [0.2, 0.25) is 0 Å². The van der Waals surface area contributed by atoms with Crippen molar-refractivity contribution in [2.75, 3.05) is 38.2 Å². The van der Waals surface area contributed by atoms with Gasteiger partial charge in [-0.15, -0.1) is 0 Å². The van der Waals surface area contributed by atoms with Crippen LogP contribution in [0.1, 0.15) is 19.3 Å². The van der Waals surface area contributed by atoms with Gasteiger partial charge in [-0.3, -0.25) is 9.59 Å². The molecule has 0 radical (unpaired) electrons. The molecule has 1 aliphatic heterocycles. The maximum Gasteiger partial charge on any atom is 0.330 e. The second-order valence-corrected chi connectivity index (χ2v) is 7.27. The minimum atomic E-state index is -0.989. The number of amides is 1. The van der Waals surface area contributed by atoms with Gasteiger partial charge in [0.05, 0.1) is 18.9 Å². The first-order valence-electron chi connectivity index (χ1n) is 9.58. The van der Waals surface area contributed by atoms with Crippen LogP contribution >= 0.6 is 0 Å². The van der Waals surface area contributed by atoms with Crippen LogP contribution in [0.5, 0.6) is 0 Å². The van der Waals surface area contributed by atoms with Crippen LogP contribution in [0.3, 0.4) is 0 Å². The van der Waals surface area contributed by atoms with Gasteiger partial charge in [-0.05, 0) is 31.4 Å². The number of carboxylic acids is 1. The molecule has 3 rings (SSSR count). The SMILES string of the molecule is COC(=O)C=C1CCC(C(=O)N2CCN(c3ccccc3)CC2)C(C(=O)O)C1. The number of allylic oxidation sites excluding steroid dienone is 1. The minimum absolute atomic E-state index is 0.0859. The Balaban J connectivity index is 1.63. The quantitative estimate of drug-likeness (QED) is 0.629. The van der Waals surface area contributed by atoms with Gasteiger partial charge in [-0.2, -0.15) is 0 Å². The highest BCUT2D eigenvalue weighted by molar-refractivity contribution is 5.86. The molecule has 2 aliphatic rings. The number of rotatable bonds is 4. The lowest BCUT2D eigenvalue weighted by Crippen LogP contribution is -2.52. The van der Waals surface area contributed by atoms with E-state index in [0.29, 0.717) is 25.9 Å². The number of carbonyl (C=O) groups excluding carboxylic acids is 2. The number of benzene rings is 1. The first kappa shape index (κ1) is 19.9. The van der Waals surface area contributed by atoms with Crippen molar-refractivity contribution in [1.82, 2.24) is 4.90 Å².